The zero-order chi connectivity index (χ0) is 19.2. The van der Waals surface area contributed by atoms with Gasteiger partial charge in [0.15, 0.2) is 0 Å². The van der Waals surface area contributed by atoms with E-state index in [2.05, 4.69) is 25.8 Å². The van der Waals surface area contributed by atoms with Gasteiger partial charge in [-0.3, -0.25) is 0 Å². The number of phenols is 1. The number of phenolic OH excluding ortho intramolecular Hbond substituents is 1. The molecule has 1 saturated heterocycles. The molecule has 1 unspecified atom stereocenters. The Morgan fingerprint density at radius 3 is 2.63 bits per heavy atom. The molecule has 0 amide bonds. The maximum absolute atomic E-state index is 12.8. The highest BCUT2D eigenvalue weighted by Gasteiger charge is 2.50. The number of aryl methyl sites for hydroxylation is 1. The van der Waals surface area contributed by atoms with Crippen LogP contribution in [0.25, 0.3) is 11.3 Å². The summed E-state index contributed by atoms with van der Waals surface area (Å²) >= 11 is 0. The van der Waals surface area contributed by atoms with E-state index in [1.807, 2.05) is 0 Å². The summed E-state index contributed by atoms with van der Waals surface area (Å²) in [5.41, 5.74) is 0.309. The summed E-state index contributed by atoms with van der Waals surface area (Å²) in [5.74, 6) is -0.110. The topological polar surface area (TPSA) is 83.0 Å². The molecule has 2 aliphatic rings. The van der Waals surface area contributed by atoms with Gasteiger partial charge in [0.1, 0.15) is 11.4 Å². The molecule has 2 heterocycles. The summed E-state index contributed by atoms with van der Waals surface area (Å²) in [6, 6.07) is 3.02. The average molecular weight is 379 g/mol. The van der Waals surface area contributed by atoms with Gasteiger partial charge in [0.05, 0.1) is 11.3 Å². The van der Waals surface area contributed by atoms with Crippen molar-refractivity contribution in [2.75, 3.05) is 18.4 Å². The second-order valence-electron chi connectivity index (χ2n) is 7.31. The molecule has 1 saturated carbocycles. The minimum Gasteiger partial charge on any atom is -0.507 e. The molecule has 1 spiro atoms. The molecule has 0 bridgehead atoms. The van der Waals surface area contributed by atoms with Crippen molar-refractivity contribution in [2.45, 2.75) is 38.4 Å². The third-order valence-electron chi connectivity index (χ3n) is 5.52. The Labute approximate surface area is 154 Å². The van der Waals surface area contributed by atoms with Crippen molar-refractivity contribution >= 4 is 5.95 Å². The Kier molecular flexibility index (Phi) is 4.21. The molecular formula is C18H20F3N5O. The van der Waals surface area contributed by atoms with Crippen LogP contribution in [0.2, 0.25) is 0 Å². The number of piperidine rings is 1. The third-order valence-corrected chi connectivity index (χ3v) is 5.52. The van der Waals surface area contributed by atoms with E-state index in [0.29, 0.717) is 23.1 Å². The normalized spacial score (nSPS) is 21.3. The van der Waals surface area contributed by atoms with Crippen molar-refractivity contribution in [3.63, 3.8) is 0 Å². The van der Waals surface area contributed by atoms with Crippen molar-refractivity contribution in [1.29, 1.82) is 0 Å². The molecule has 2 fully saturated rings. The highest BCUT2D eigenvalue weighted by atomic mass is 19.4. The van der Waals surface area contributed by atoms with E-state index in [4.69, 9.17) is 0 Å². The molecule has 4 rings (SSSR count). The van der Waals surface area contributed by atoms with Gasteiger partial charge < -0.3 is 15.7 Å². The van der Waals surface area contributed by atoms with Crippen LogP contribution in [0.1, 0.15) is 30.5 Å². The van der Waals surface area contributed by atoms with Crippen molar-refractivity contribution in [3.05, 3.63) is 29.5 Å². The highest BCUT2D eigenvalue weighted by molar-refractivity contribution is 5.69. The first-order valence-corrected chi connectivity index (χ1v) is 8.88. The van der Waals surface area contributed by atoms with Crippen LogP contribution in [-0.2, 0) is 6.18 Å². The van der Waals surface area contributed by atoms with Crippen LogP contribution >= 0.6 is 0 Å². The smallest absolute Gasteiger partial charge is 0.416 e. The first-order chi connectivity index (χ1) is 12.8. The fourth-order valence-electron chi connectivity index (χ4n) is 3.72. The second kappa shape index (κ2) is 6.33. The Hall–Kier alpha value is -2.42. The number of anilines is 1. The van der Waals surface area contributed by atoms with E-state index in [1.165, 1.54) is 18.9 Å². The van der Waals surface area contributed by atoms with Gasteiger partial charge in [-0.15, -0.1) is 10.2 Å². The Morgan fingerprint density at radius 1 is 1.22 bits per heavy atom. The van der Waals surface area contributed by atoms with Crippen molar-refractivity contribution in [2.24, 2.45) is 5.41 Å². The molecule has 1 atom stereocenters. The van der Waals surface area contributed by atoms with E-state index in [-0.39, 0.29) is 17.3 Å². The molecule has 1 aliphatic heterocycles. The standard InChI is InChI=1S/C18H20F3N5O/c1-10-15(12-3-2-11(8-13(12)27)18(19,20)21)25-26-16(23-10)24-14-9-22-7-6-17(14)4-5-17/h2-3,8,14,22,27H,4-7,9H2,1H3,(H,23,24,26). The minimum atomic E-state index is -4.52. The van der Waals surface area contributed by atoms with Gasteiger partial charge >= 0.3 is 6.18 Å². The van der Waals surface area contributed by atoms with Gasteiger partial charge in [-0.1, -0.05) is 0 Å². The summed E-state index contributed by atoms with van der Waals surface area (Å²) in [5, 5.41) is 24.9. The van der Waals surface area contributed by atoms with E-state index in [9.17, 15) is 18.3 Å². The van der Waals surface area contributed by atoms with Crippen LogP contribution in [0.3, 0.4) is 0 Å². The summed E-state index contributed by atoms with van der Waals surface area (Å²) < 4.78 is 38.3. The number of halogens is 3. The monoisotopic (exact) mass is 379 g/mol. The molecule has 1 aromatic heterocycles. The molecule has 144 valence electrons. The second-order valence-corrected chi connectivity index (χ2v) is 7.31. The number of hydrogen-bond acceptors (Lipinski definition) is 6. The van der Waals surface area contributed by atoms with E-state index < -0.39 is 17.5 Å². The van der Waals surface area contributed by atoms with E-state index in [1.54, 1.807) is 6.92 Å². The minimum absolute atomic E-state index is 0.171. The van der Waals surface area contributed by atoms with Crippen molar-refractivity contribution < 1.29 is 18.3 Å². The molecule has 6 nitrogen and oxygen atoms in total. The number of nitrogens with one attached hydrogen (secondary N) is 2. The molecule has 9 heteroatoms. The lowest BCUT2D eigenvalue weighted by Gasteiger charge is -2.33. The first kappa shape index (κ1) is 18.0. The van der Waals surface area contributed by atoms with Gasteiger partial charge in [0, 0.05) is 18.2 Å². The summed E-state index contributed by atoms with van der Waals surface area (Å²) in [6.07, 6.45) is -1.02. The lowest BCUT2D eigenvalue weighted by molar-refractivity contribution is -0.137. The van der Waals surface area contributed by atoms with Gasteiger partial charge in [-0.25, -0.2) is 4.98 Å². The first-order valence-electron chi connectivity index (χ1n) is 8.88. The summed E-state index contributed by atoms with van der Waals surface area (Å²) in [4.78, 5) is 4.40. The van der Waals surface area contributed by atoms with Crippen LogP contribution in [0.4, 0.5) is 19.1 Å². The number of benzene rings is 1. The van der Waals surface area contributed by atoms with Gasteiger partial charge in [0.2, 0.25) is 5.95 Å². The van der Waals surface area contributed by atoms with Crippen molar-refractivity contribution in [1.82, 2.24) is 20.5 Å². The molecule has 2 aromatic rings. The predicted molar refractivity (Wildman–Crippen MR) is 93.2 cm³/mol. The Balaban J connectivity index is 1.57. The fourth-order valence-corrected chi connectivity index (χ4v) is 3.72. The zero-order valence-electron chi connectivity index (χ0n) is 14.8. The van der Waals surface area contributed by atoms with Gasteiger partial charge in [-0.2, -0.15) is 13.2 Å². The van der Waals surface area contributed by atoms with E-state index in [0.717, 1.165) is 25.6 Å². The van der Waals surface area contributed by atoms with Gasteiger partial charge in [-0.05, 0) is 56.3 Å². The zero-order valence-corrected chi connectivity index (χ0v) is 14.8. The average Bonchev–Trinajstić information content (AvgIpc) is 3.37. The van der Waals surface area contributed by atoms with E-state index >= 15 is 0 Å². The number of alkyl halides is 3. The lowest BCUT2D eigenvalue weighted by Crippen LogP contribution is -2.46. The number of aromatic hydroxyl groups is 1. The predicted octanol–water partition coefficient (Wildman–Crippen LogP) is 3.13. The lowest BCUT2D eigenvalue weighted by atomic mass is 9.89. The van der Waals surface area contributed by atoms with Crippen LogP contribution in [0.5, 0.6) is 5.75 Å². The van der Waals surface area contributed by atoms with Crippen LogP contribution < -0.4 is 10.6 Å². The maximum Gasteiger partial charge on any atom is 0.416 e. The van der Waals surface area contributed by atoms with Crippen LogP contribution in [0, 0.1) is 12.3 Å². The van der Waals surface area contributed by atoms with Crippen LogP contribution in [0.15, 0.2) is 18.2 Å². The number of aromatic nitrogens is 3. The SMILES string of the molecule is Cc1nc(NC2CNCCC23CC3)nnc1-c1ccc(C(F)(F)F)cc1O. The van der Waals surface area contributed by atoms with Crippen molar-refractivity contribution in [3.8, 4) is 17.0 Å². The Bertz CT molecular complexity index is 867. The molecule has 3 N–H and O–H groups in total. The third kappa shape index (κ3) is 3.43. The molecule has 0 radical (unpaired) electrons. The molecule has 1 aliphatic carbocycles. The fraction of sp³-hybridized carbons (Fsp3) is 0.500. The summed E-state index contributed by atoms with van der Waals surface area (Å²) in [7, 11) is 0. The summed E-state index contributed by atoms with van der Waals surface area (Å²) in [6.45, 7) is 3.55. The highest BCUT2D eigenvalue weighted by Crippen LogP contribution is 2.53. The molecular weight excluding hydrogens is 359 g/mol. The quantitative estimate of drug-likeness (QED) is 0.760. The number of hydrogen-bond donors (Lipinski definition) is 3. The maximum atomic E-state index is 12.8. The Morgan fingerprint density at radius 2 is 2.00 bits per heavy atom. The molecule has 1 aromatic carbocycles. The number of nitrogens with zero attached hydrogens (tertiary/aromatic N) is 3. The largest absolute Gasteiger partial charge is 0.507 e. The van der Waals surface area contributed by atoms with Crippen LogP contribution in [-0.4, -0.2) is 39.4 Å². The number of rotatable bonds is 3. The molecule has 27 heavy (non-hydrogen) atoms. The van der Waals surface area contributed by atoms with Gasteiger partial charge in [0.25, 0.3) is 0 Å².